The maximum Gasteiger partial charge on any atom is 0.256 e. The van der Waals surface area contributed by atoms with Crippen LogP contribution in [0.2, 0.25) is 10.0 Å². The summed E-state index contributed by atoms with van der Waals surface area (Å²) in [5, 5.41) is 8.09. The monoisotopic (exact) mass is 524 g/mol. The second-order valence-electron chi connectivity index (χ2n) is 8.37. The summed E-state index contributed by atoms with van der Waals surface area (Å²) in [5.74, 6) is -0.818. The van der Waals surface area contributed by atoms with Gasteiger partial charge in [0.25, 0.3) is 5.91 Å². The highest BCUT2D eigenvalue weighted by Gasteiger charge is 2.24. The summed E-state index contributed by atoms with van der Waals surface area (Å²) in [7, 11) is 0. The standard InChI is InChI=1S/C27H23Cl2FN4O2/c1-17(2)33(27(36)22-13-8-19(28)14-23(22)29)16-26(35)31-25-15-24(18-6-4-3-5-7-18)32-34(25)21-11-9-20(30)10-12-21/h3-15,17H,16H2,1-2H3,(H,31,35). The minimum absolute atomic E-state index is 0.209. The number of nitrogens with one attached hydrogen (secondary N) is 1. The summed E-state index contributed by atoms with van der Waals surface area (Å²) in [6, 6.07) is 21.3. The molecule has 6 nitrogen and oxygen atoms in total. The van der Waals surface area contributed by atoms with Crippen LogP contribution >= 0.6 is 23.2 Å². The molecular weight excluding hydrogens is 502 g/mol. The number of amides is 2. The van der Waals surface area contributed by atoms with E-state index in [1.165, 1.54) is 33.8 Å². The maximum atomic E-state index is 13.5. The molecule has 0 fully saturated rings. The van der Waals surface area contributed by atoms with Gasteiger partial charge in [-0.05, 0) is 56.3 Å². The third kappa shape index (κ3) is 5.75. The Morgan fingerprint density at radius 1 is 1.00 bits per heavy atom. The largest absolute Gasteiger partial charge is 0.327 e. The van der Waals surface area contributed by atoms with Gasteiger partial charge in [0.1, 0.15) is 18.2 Å². The van der Waals surface area contributed by atoms with Crippen LogP contribution in [0.4, 0.5) is 10.2 Å². The summed E-state index contributed by atoms with van der Waals surface area (Å²) in [5.41, 5.74) is 2.30. The van der Waals surface area contributed by atoms with Gasteiger partial charge >= 0.3 is 0 Å². The van der Waals surface area contributed by atoms with E-state index in [1.807, 2.05) is 44.2 Å². The molecule has 1 aromatic heterocycles. The predicted octanol–water partition coefficient (Wildman–Crippen LogP) is 6.47. The lowest BCUT2D eigenvalue weighted by molar-refractivity contribution is -0.117. The second-order valence-corrected chi connectivity index (χ2v) is 9.21. The number of halogens is 3. The number of hydrogen-bond donors (Lipinski definition) is 1. The van der Waals surface area contributed by atoms with Gasteiger partial charge in [0.2, 0.25) is 5.91 Å². The fourth-order valence-electron chi connectivity index (χ4n) is 3.64. The molecule has 1 heterocycles. The number of aromatic nitrogens is 2. The van der Waals surface area contributed by atoms with Crippen molar-refractivity contribution in [1.82, 2.24) is 14.7 Å². The van der Waals surface area contributed by atoms with Gasteiger partial charge in [0.05, 0.1) is 22.0 Å². The molecule has 184 valence electrons. The smallest absolute Gasteiger partial charge is 0.256 e. The van der Waals surface area contributed by atoms with Crippen LogP contribution in [0.3, 0.4) is 0 Å². The van der Waals surface area contributed by atoms with Crippen molar-refractivity contribution in [3.63, 3.8) is 0 Å². The summed E-state index contributed by atoms with van der Waals surface area (Å²) >= 11 is 12.2. The molecule has 0 aliphatic heterocycles. The molecule has 0 spiro atoms. The van der Waals surface area contributed by atoms with E-state index in [4.69, 9.17) is 23.2 Å². The molecule has 0 saturated carbocycles. The van der Waals surface area contributed by atoms with Crippen molar-refractivity contribution in [1.29, 1.82) is 0 Å². The van der Waals surface area contributed by atoms with E-state index in [-0.39, 0.29) is 34.9 Å². The molecule has 9 heteroatoms. The highest BCUT2D eigenvalue weighted by atomic mass is 35.5. The molecule has 4 rings (SSSR count). The zero-order chi connectivity index (χ0) is 25.8. The lowest BCUT2D eigenvalue weighted by Gasteiger charge is -2.26. The maximum absolute atomic E-state index is 13.5. The number of rotatable bonds is 7. The SMILES string of the molecule is CC(C)N(CC(=O)Nc1cc(-c2ccccc2)nn1-c1ccc(F)cc1)C(=O)c1ccc(Cl)cc1Cl. The Labute approximate surface area is 218 Å². The average Bonchev–Trinajstić information content (AvgIpc) is 3.26. The number of hydrogen-bond acceptors (Lipinski definition) is 3. The molecule has 0 aliphatic rings. The number of nitrogens with zero attached hydrogens (tertiary/aromatic N) is 3. The second kappa shape index (κ2) is 10.9. The van der Waals surface area contributed by atoms with Gasteiger partial charge in [0, 0.05) is 22.7 Å². The third-order valence-corrected chi connectivity index (χ3v) is 6.03. The zero-order valence-electron chi connectivity index (χ0n) is 19.6. The molecule has 1 N–H and O–H groups in total. The highest BCUT2D eigenvalue weighted by Crippen LogP contribution is 2.26. The fraction of sp³-hybridized carbons (Fsp3) is 0.148. The molecule has 0 atom stereocenters. The first-order chi connectivity index (χ1) is 17.2. The van der Waals surface area contributed by atoms with Crippen LogP contribution in [0.1, 0.15) is 24.2 Å². The molecule has 3 aromatic carbocycles. The molecule has 0 bridgehead atoms. The topological polar surface area (TPSA) is 67.2 Å². The molecule has 0 saturated heterocycles. The van der Waals surface area contributed by atoms with Crippen LogP contribution in [-0.4, -0.2) is 39.1 Å². The van der Waals surface area contributed by atoms with Crippen LogP contribution < -0.4 is 5.32 Å². The van der Waals surface area contributed by atoms with Crippen LogP contribution in [0.25, 0.3) is 16.9 Å². The van der Waals surface area contributed by atoms with E-state index in [9.17, 15) is 14.0 Å². The van der Waals surface area contributed by atoms with E-state index in [0.717, 1.165) is 5.56 Å². The Hall–Kier alpha value is -3.68. The molecular formula is C27H23Cl2FN4O2. The summed E-state index contributed by atoms with van der Waals surface area (Å²) in [4.78, 5) is 27.7. The molecule has 0 radical (unpaired) electrons. The van der Waals surface area contributed by atoms with Gasteiger partial charge < -0.3 is 10.2 Å². The Morgan fingerprint density at radius 3 is 2.33 bits per heavy atom. The first kappa shape index (κ1) is 25.4. The summed E-state index contributed by atoms with van der Waals surface area (Å²) in [6.07, 6.45) is 0. The lowest BCUT2D eigenvalue weighted by atomic mass is 10.1. The van der Waals surface area contributed by atoms with Gasteiger partial charge in [-0.2, -0.15) is 5.10 Å². The van der Waals surface area contributed by atoms with Crippen LogP contribution in [-0.2, 0) is 4.79 Å². The quantitative estimate of drug-likeness (QED) is 0.301. The first-order valence-corrected chi connectivity index (χ1v) is 12.0. The van der Waals surface area contributed by atoms with E-state index in [2.05, 4.69) is 10.4 Å². The molecule has 0 aliphatic carbocycles. The van der Waals surface area contributed by atoms with Crippen molar-refractivity contribution in [2.75, 3.05) is 11.9 Å². The molecule has 0 unspecified atom stereocenters. The summed E-state index contributed by atoms with van der Waals surface area (Å²) in [6.45, 7) is 3.40. The normalized spacial score (nSPS) is 10.9. The van der Waals surface area contributed by atoms with Gasteiger partial charge in [0.15, 0.2) is 0 Å². The third-order valence-electron chi connectivity index (χ3n) is 5.48. The predicted molar refractivity (Wildman–Crippen MR) is 140 cm³/mol. The van der Waals surface area contributed by atoms with Gasteiger partial charge in [-0.3, -0.25) is 9.59 Å². The zero-order valence-corrected chi connectivity index (χ0v) is 21.1. The molecule has 2 amide bonds. The van der Waals surface area contributed by atoms with Crippen molar-refractivity contribution < 1.29 is 14.0 Å². The highest BCUT2D eigenvalue weighted by molar-refractivity contribution is 6.36. The van der Waals surface area contributed by atoms with E-state index >= 15 is 0 Å². The van der Waals surface area contributed by atoms with Gasteiger partial charge in [-0.15, -0.1) is 0 Å². The minimum Gasteiger partial charge on any atom is -0.327 e. The molecule has 4 aromatic rings. The van der Waals surface area contributed by atoms with Crippen LogP contribution in [0.5, 0.6) is 0 Å². The molecule has 36 heavy (non-hydrogen) atoms. The lowest BCUT2D eigenvalue weighted by Crippen LogP contribution is -2.42. The Balaban J connectivity index is 1.62. The Morgan fingerprint density at radius 2 is 1.69 bits per heavy atom. The van der Waals surface area contributed by atoms with Crippen molar-refractivity contribution in [3.8, 4) is 16.9 Å². The van der Waals surface area contributed by atoms with Crippen molar-refractivity contribution in [3.05, 3.63) is 100 Å². The summed E-state index contributed by atoms with van der Waals surface area (Å²) < 4.78 is 15.0. The number of anilines is 1. The first-order valence-electron chi connectivity index (χ1n) is 11.2. The van der Waals surface area contributed by atoms with Crippen molar-refractivity contribution in [2.45, 2.75) is 19.9 Å². The van der Waals surface area contributed by atoms with E-state index in [1.54, 1.807) is 24.3 Å². The Bertz CT molecular complexity index is 1390. The van der Waals surface area contributed by atoms with Gasteiger partial charge in [-0.25, -0.2) is 9.07 Å². The van der Waals surface area contributed by atoms with Crippen LogP contribution in [0, 0.1) is 5.82 Å². The van der Waals surface area contributed by atoms with Gasteiger partial charge in [-0.1, -0.05) is 53.5 Å². The van der Waals surface area contributed by atoms with Crippen molar-refractivity contribution >= 4 is 40.8 Å². The van der Waals surface area contributed by atoms with E-state index < -0.39 is 5.91 Å². The fourth-order valence-corrected chi connectivity index (χ4v) is 4.13. The Kier molecular flexibility index (Phi) is 7.72. The number of benzene rings is 3. The van der Waals surface area contributed by atoms with Crippen LogP contribution in [0.15, 0.2) is 78.9 Å². The number of carbonyl (C=O) groups is 2. The average molecular weight is 525 g/mol. The van der Waals surface area contributed by atoms with E-state index in [0.29, 0.717) is 22.2 Å². The van der Waals surface area contributed by atoms with Crippen molar-refractivity contribution in [2.24, 2.45) is 0 Å². The number of carbonyl (C=O) groups excluding carboxylic acids is 2. The minimum atomic E-state index is -0.426.